The van der Waals surface area contributed by atoms with Gasteiger partial charge >= 0.3 is 0 Å². The molecule has 3 heteroatoms. The van der Waals surface area contributed by atoms with Crippen LogP contribution in [0, 0.1) is 5.92 Å². The topological polar surface area (TPSA) is 35.5 Å². The number of aliphatic hydroxyl groups is 1. The lowest BCUT2D eigenvalue weighted by Crippen LogP contribution is -2.45. The van der Waals surface area contributed by atoms with E-state index in [0.717, 1.165) is 12.3 Å². The number of likely N-dealkylation sites (tertiary alicyclic amines) is 1. The molecular weight excluding hydrogens is 260 g/mol. The smallest absolute Gasteiger partial charge is 0.0704 e. The van der Waals surface area contributed by atoms with E-state index in [1.807, 2.05) is 18.2 Å². The van der Waals surface area contributed by atoms with Crippen LogP contribution >= 0.6 is 0 Å². The minimum absolute atomic E-state index is 0.281. The molecule has 1 atom stereocenters. The van der Waals surface area contributed by atoms with Crippen molar-refractivity contribution in [3.05, 3.63) is 35.9 Å². The molecule has 21 heavy (non-hydrogen) atoms. The first-order chi connectivity index (χ1) is 10.3. The summed E-state index contributed by atoms with van der Waals surface area (Å²) in [6.07, 6.45) is 5.81. The predicted octanol–water partition coefficient (Wildman–Crippen LogP) is 2.05. The van der Waals surface area contributed by atoms with E-state index in [4.69, 9.17) is 0 Å². The summed E-state index contributed by atoms with van der Waals surface area (Å²) in [5.74, 6) is 1.00. The van der Waals surface area contributed by atoms with Gasteiger partial charge < -0.3 is 15.3 Å². The van der Waals surface area contributed by atoms with Gasteiger partial charge in [-0.15, -0.1) is 0 Å². The zero-order valence-electron chi connectivity index (χ0n) is 12.9. The van der Waals surface area contributed by atoms with Crippen molar-refractivity contribution in [1.29, 1.82) is 0 Å². The lowest BCUT2D eigenvalue weighted by molar-refractivity contribution is 0.148. The molecule has 0 radical (unpaired) electrons. The van der Waals surface area contributed by atoms with Crippen LogP contribution in [0.5, 0.6) is 0 Å². The van der Waals surface area contributed by atoms with Crippen molar-refractivity contribution in [2.45, 2.75) is 44.2 Å². The summed E-state index contributed by atoms with van der Waals surface area (Å²) in [5, 5.41) is 13.7. The Morgan fingerprint density at radius 3 is 2.48 bits per heavy atom. The van der Waals surface area contributed by atoms with Crippen LogP contribution in [0.1, 0.15) is 31.2 Å². The molecule has 0 bridgehead atoms. The second-order valence-corrected chi connectivity index (χ2v) is 6.77. The third-order valence-electron chi connectivity index (χ3n) is 4.76. The van der Waals surface area contributed by atoms with Gasteiger partial charge in [-0.2, -0.15) is 0 Å². The van der Waals surface area contributed by atoms with Crippen LogP contribution in [0.3, 0.4) is 0 Å². The summed E-state index contributed by atoms with van der Waals surface area (Å²) in [5.41, 5.74) is 1.21. The Kier molecular flexibility index (Phi) is 5.28. The molecule has 1 unspecified atom stereocenters. The van der Waals surface area contributed by atoms with Crippen molar-refractivity contribution in [3.8, 4) is 0 Å². The van der Waals surface area contributed by atoms with Gasteiger partial charge in [0.15, 0.2) is 0 Å². The van der Waals surface area contributed by atoms with Crippen molar-refractivity contribution >= 4 is 0 Å². The van der Waals surface area contributed by atoms with Gasteiger partial charge in [-0.25, -0.2) is 0 Å². The van der Waals surface area contributed by atoms with E-state index in [1.165, 1.54) is 50.9 Å². The number of nitrogens with one attached hydrogen (secondary N) is 1. The zero-order valence-corrected chi connectivity index (χ0v) is 12.9. The van der Waals surface area contributed by atoms with E-state index in [-0.39, 0.29) is 6.10 Å². The zero-order chi connectivity index (χ0) is 14.5. The molecule has 0 aromatic heterocycles. The molecule has 2 fully saturated rings. The van der Waals surface area contributed by atoms with Gasteiger partial charge in [-0.05, 0) is 56.7 Å². The van der Waals surface area contributed by atoms with Crippen LogP contribution in [0.15, 0.2) is 30.3 Å². The fourth-order valence-corrected chi connectivity index (χ4v) is 3.25. The summed E-state index contributed by atoms with van der Waals surface area (Å²) >= 11 is 0. The maximum absolute atomic E-state index is 10.1. The van der Waals surface area contributed by atoms with E-state index < -0.39 is 0 Å². The minimum atomic E-state index is -0.281. The van der Waals surface area contributed by atoms with Crippen LogP contribution in [0.4, 0.5) is 0 Å². The second kappa shape index (κ2) is 7.39. The Morgan fingerprint density at radius 2 is 1.81 bits per heavy atom. The van der Waals surface area contributed by atoms with Crippen molar-refractivity contribution in [2.24, 2.45) is 5.92 Å². The van der Waals surface area contributed by atoms with Crippen LogP contribution in [0.25, 0.3) is 0 Å². The SMILES string of the molecule is OC(CNC1CCN(CC2CC2)CC1)Cc1ccccc1. The Morgan fingerprint density at radius 1 is 1.10 bits per heavy atom. The summed E-state index contributed by atoms with van der Waals surface area (Å²) in [6.45, 7) is 4.48. The van der Waals surface area contributed by atoms with Crippen LogP contribution < -0.4 is 5.32 Å². The monoisotopic (exact) mass is 288 g/mol. The average molecular weight is 288 g/mol. The predicted molar refractivity (Wildman–Crippen MR) is 86.3 cm³/mol. The van der Waals surface area contributed by atoms with Crippen LogP contribution in [0.2, 0.25) is 0 Å². The molecule has 1 aromatic carbocycles. The van der Waals surface area contributed by atoms with E-state index in [1.54, 1.807) is 0 Å². The molecule has 1 heterocycles. The molecule has 1 saturated heterocycles. The van der Waals surface area contributed by atoms with Gasteiger partial charge in [-0.3, -0.25) is 0 Å². The van der Waals surface area contributed by atoms with Crippen molar-refractivity contribution in [3.63, 3.8) is 0 Å². The molecule has 0 spiro atoms. The molecule has 1 aliphatic heterocycles. The Balaban J connectivity index is 1.32. The van der Waals surface area contributed by atoms with Gasteiger partial charge in [-0.1, -0.05) is 30.3 Å². The lowest BCUT2D eigenvalue weighted by Gasteiger charge is -2.33. The molecule has 3 rings (SSSR count). The highest BCUT2D eigenvalue weighted by Gasteiger charge is 2.26. The highest BCUT2D eigenvalue weighted by atomic mass is 16.3. The fourth-order valence-electron chi connectivity index (χ4n) is 3.25. The molecule has 0 amide bonds. The van der Waals surface area contributed by atoms with Crippen molar-refractivity contribution < 1.29 is 5.11 Å². The fraction of sp³-hybridized carbons (Fsp3) is 0.667. The number of piperidine rings is 1. The summed E-state index contributed by atoms with van der Waals surface area (Å²) in [7, 11) is 0. The summed E-state index contributed by atoms with van der Waals surface area (Å²) in [6, 6.07) is 10.8. The molecule has 2 N–H and O–H groups in total. The van der Waals surface area contributed by atoms with Gasteiger partial charge in [0, 0.05) is 19.1 Å². The summed E-state index contributed by atoms with van der Waals surface area (Å²) < 4.78 is 0. The van der Waals surface area contributed by atoms with E-state index in [2.05, 4.69) is 22.3 Å². The van der Waals surface area contributed by atoms with E-state index in [0.29, 0.717) is 12.6 Å². The quantitative estimate of drug-likeness (QED) is 0.806. The van der Waals surface area contributed by atoms with E-state index in [9.17, 15) is 5.11 Å². The number of nitrogens with zero attached hydrogens (tertiary/aromatic N) is 1. The van der Waals surface area contributed by atoms with E-state index >= 15 is 0 Å². The lowest BCUT2D eigenvalue weighted by atomic mass is 10.0. The van der Waals surface area contributed by atoms with Crippen molar-refractivity contribution in [2.75, 3.05) is 26.2 Å². The molecule has 1 aliphatic carbocycles. The second-order valence-electron chi connectivity index (χ2n) is 6.77. The summed E-state index contributed by atoms with van der Waals surface area (Å²) in [4.78, 5) is 2.62. The van der Waals surface area contributed by atoms with Gasteiger partial charge in [0.05, 0.1) is 6.10 Å². The number of hydrogen-bond donors (Lipinski definition) is 2. The number of hydrogen-bond acceptors (Lipinski definition) is 3. The number of rotatable bonds is 7. The van der Waals surface area contributed by atoms with Gasteiger partial charge in [0.1, 0.15) is 0 Å². The molecule has 3 nitrogen and oxygen atoms in total. The maximum Gasteiger partial charge on any atom is 0.0704 e. The Labute approximate surface area is 128 Å². The van der Waals surface area contributed by atoms with Gasteiger partial charge in [0.25, 0.3) is 0 Å². The molecule has 116 valence electrons. The molecular formula is C18H28N2O. The first-order valence-corrected chi connectivity index (χ1v) is 8.47. The maximum atomic E-state index is 10.1. The number of benzene rings is 1. The average Bonchev–Trinajstić information content (AvgIpc) is 3.32. The highest BCUT2D eigenvalue weighted by Crippen LogP contribution is 2.30. The van der Waals surface area contributed by atoms with Crippen LogP contribution in [-0.4, -0.2) is 48.3 Å². The third-order valence-corrected chi connectivity index (χ3v) is 4.76. The highest BCUT2D eigenvalue weighted by molar-refractivity contribution is 5.15. The third kappa shape index (κ3) is 5.10. The largest absolute Gasteiger partial charge is 0.391 e. The van der Waals surface area contributed by atoms with Crippen LogP contribution in [-0.2, 0) is 6.42 Å². The first-order valence-electron chi connectivity index (χ1n) is 8.47. The van der Waals surface area contributed by atoms with Gasteiger partial charge in [0.2, 0.25) is 0 Å². The van der Waals surface area contributed by atoms with Crippen molar-refractivity contribution in [1.82, 2.24) is 10.2 Å². The minimum Gasteiger partial charge on any atom is -0.391 e. The first kappa shape index (κ1) is 15.0. The Hall–Kier alpha value is -0.900. The standard InChI is InChI=1S/C18H28N2O/c21-18(12-15-4-2-1-3-5-15)13-19-17-8-10-20(11-9-17)14-16-6-7-16/h1-5,16-19,21H,6-14H2. The molecule has 1 aromatic rings. The number of aliphatic hydroxyl groups excluding tert-OH is 1. The molecule has 2 aliphatic rings. The Bertz CT molecular complexity index is 410. The molecule has 1 saturated carbocycles. The normalized spacial score (nSPS) is 22.3.